The topological polar surface area (TPSA) is 60.9 Å². The second-order valence-corrected chi connectivity index (χ2v) is 10.4. The van der Waals surface area contributed by atoms with Gasteiger partial charge in [0.2, 0.25) is 15.9 Å². The zero-order valence-electron chi connectivity index (χ0n) is 17.9. The Hall–Kier alpha value is -2.22. The minimum absolute atomic E-state index is 0.164. The Morgan fingerprint density at radius 3 is 2.00 bits per heavy atom. The van der Waals surface area contributed by atoms with E-state index in [1.54, 1.807) is 24.3 Å². The predicted octanol–water partition coefficient (Wildman–Crippen LogP) is 2.47. The van der Waals surface area contributed by atoms with Crippen molar-refractivity contribution < 1.29 is 13.2 Å². The number of carbonyl (C=O) groups excluding carboxylic acids is 1. The van der Waals surface area contributed by atoms with E-state index in [1.165, 1.54) is 9.87 Å². The quantitative estimate of drug-likeness (QED) is 0.691. The summed E-state index contributed by atoms with van der Waals surface area (Å²) in [6, 6.07) is 19.1. The van der Waals surface area contributed by atoms with Crippen LogP contribution in [0.3, 0.4) is 0 Å². The van der Waals surface area contributed by atoms with Gasteiger partial charge in [0.05, 0.1) is 11.4 Å². The van der Waals surface area contributed by atoms with E-state index in [2.05, 4.69) is 29.2 Å². The highest BCUT2D eigenvalue weighted by Gasteiger charge is 2.30. The van der Waals surface area contributed by atoms with Crippen LogP contribution < -0.4 is 0 Å². The molecular formula is C24H31N3O3S. The van der Waals surface area contributed by atoms with Crippen LogP contribution in [0.1, 0.15) is 18.4 Å². The lowest BCUT2D eigenvalue weighted by Gasteiger charge is -2.36. The molecule has 2 heterocycles. The Bertz CT molecular complexity index is 950. The molecule has 0 spiro atoms. The molecule has 31 heavy (non-hydrogen) atoms. The number of hydrogen-bond donors (Lipinski definition) is 0. The van der Waals surface area contributed by atoms with E-state index >= 15 is 0 Å². The van der Waals surface area contributed by atoms with Crippen LogP contribution >= 0.6 is 0 Å². The summed E-state index contributed by atoms with van der Waals surface area (Å²) in [5.74, 6) is 0.802. The molecule has 0 unspecified atom stereocenters. The van der Waals surface area contributed by atoms with Crippen LogP contribution in [0.2, 0.25) is 0 Å². The smallest absolute Gasteiger partial charge is 0.243 e. The number of benzene rings is 2. The van der Waals surface area contributed by atoms with Crippen molar-refractivity contribution in [3.63, 3.8) is 0 Å². The molecule has 0 atom stereocenters. The number of amides is 1. The molecule has 2 aliphatic heterocycles. The molecule has 0 aliphatic carbocycles. The van der Waals surface area contributed by atoms with Crippen molar-refractivity contribution in [3.8, 4) is 0 Å². The van der Waals surface area contributed by atoms with Gasteiger partial charge in [-0.05, 0) is 42.9 Å². The van der Waals surface area contributed by atoms with Crippen LogP contribution in [-0.4, -0.2) is 74.2 Å². The number of sulfonamides is 1. The molecule has 6 nitrogen and oxygen atoms in total. The van der Waals surface area contributed by atoms with E-state index in [4.69, 9.17) is 0 Å². The summed E-state index contributed by atoms with van der Waals surface area (Å²) in [7, 11) is -3.46. The summed E-state index contributed by atoms with van der Waals surface area (Å²) < 4.78 is 27.0. The molecule has 0 radical (unpaired) electrons. The van der Waals surface area contributed by atoms with Crippen LogP contribution in [0.15, 0.2) is 65.6 Å². The van der Waals surface area contributed by atoms with Crippen molar-refractivity contribution in [1.29, 1.82) is 0 Å². The first kappa shape index (κ1) is 22.0. The number of likely N-dealkylation sites (tertiary alicyclic amines) is 1. The molecule has 2 aliphatic rings. The van der Waals surface area contributed by atoms with Gasteiger partial charge in [0, 0.05) is 39.3 Å². The summed E-state index contributed by atoms with van der Waals surface area (Å²) in [6.07, 6.45) is 3.17. The van der Waals surface area contributed by atoms with Crippen molar-refractivity contribution in [1.82, 2.24) is 14.1 Å². The molecule has 2 aromatic carbocycles. The van der Waals surface area contributed by atoms with Gasteiger partial charge in [0.25, 0.3) is 0 Å². The first-order valence-corrected chi connectivity index (χ1v) is 12.6. The third kappa shape index (κ3) is 5.53. The maximum atomic E-state index is 12.8. The van der Waals surface area contributed by atoms with Gasteiger partial charge in [-0.3, -0.25) is 9.69 Å². The fourth-order valence-corrected chi connectivity index (χ4v) is 5.94. The molecule has 1 amide bonds. The van der Waals surface area contributed by atoms with Gasteiger partial charge in [-0.1, -0.05) is 48.5 Å². The highest BCUT2D eigenvalue weighted by molar-refractivity contribution is 7.89. The SMILES string of the molecule is O=C(CN1CCN(S(=O)(=O)c2ccccc2)CC1)N1CCC(Cc2ccccc2)CC1. The van der Waals surface area contributed by atoms with Crippen LogP contribution in [0.4, 0.5) is 0 Å². The number of piperidine rings is 1. The Kier molecular flexibility index (Phi) is 7.05. The summed E-state index contributed by atoms with van der Waals surface area (Å²) in [4.78, 5) is 17.2. The van der Waals surface area contributed by atoms with Crippen molar-refractivity contribution in [2.24, 2.45) is 5.92 Å². The van der Waals surface area contributed by atoms with Gasteiger partial charge < -0.3 is 4.90 Å². The maximum Gasteiger partial charge on any atom is 0.243 e. The molecule has 2 saturated heterocycles. The largest absolute Gasteiger partial charge is 0.342 e. The Labute approximate surface area is 185 Å². The number of piperazine rings is 1. The van der Waals surface area contributed by atoms with E-state index in [1.807, 2.05) is 17.0 Å². The zero-order chi connectivity index (χ0) is 21.7. The molecule has 2 fully saturated rings. The van der Waals surface area contributed by atoms with Crippen LogP contribution in [0.5, 0.6) is 0 Å². The Balaban J connectivity index is 1.22. The Morgan fingerprint density at radius 1 is 0.806 bits per heavy atom. The molecule has 0 bridgehead atoms. The highest BCUT2D eigenvalue weighted by Crippen LogP contribution is 2.22. The molecular weight excluding hydrogens is 410 g/mol. The molecule has 0 N–H and O–H groups in total. The lowest BCUT2D eigenvalue weighted by atomic mass is 9.90. The predicted molar refractivity (Wildman–Crippen MR) is 121 cm³/mol. The number of hydrogen-bond acceptors (Lipinski definition) is 4. The minimum atomic E-state index is -3.46. The standard InChI is InChI=1S/C24H31N3O3S/c28-24(26-13-11-22(12-14-26)19-21-7-3-1-4-8-21)20-25-15-17-27(18-16-25)31(29,30)23-9-5-2-6-10-23/h1-10,22H,11-20H2. The fourth-order valence-electron chi connectivity index (χ4n) is 4.49. The molecule has 0 aromatic heterocycles. The van der Waals surface area contributed by atoms with E-state index in [0.717, 1.165) is 32.4 Å². The average Bonchev–Trinajstić information content (AvgIpc) is 2.81. The van der Waals surface area contributed by atoms with Gasteiger partial charge in [-0.25, -0.2) is 8.42 Å². The van der Waals surface area contributed by atoms with Crippen molar-refractivity contribution in [2.75, 3.05) is 45.8 Å². The van der Waals surface area contributed by atoms with E-state index in [9.17, 15) is 13.2 Å². The first-order valence-electron chi connectivity index (χ1n) is 11.1. The second-order valence-electron chi connectivity index (χ2n) is 8.51. The summed E-state index contributed by atoms with van der Waals surface area (Å²) >= 11 is 0. The molecule has 2 aromatic rings. The number of rotatable bonds is 6. The van der Waals surface area contributed by atoms with Gasteiger partial charge in [0.15, 0.2) is 0 Å². The summed E-state index contributed by atoms with van der Waals surface area (Å²) in [5.41, 5.74) is 1.37. The first-order chi connectivity index (χ1) is 15.0. The van der Waals surface area contributed by atoms with Crippen molar-refractivity contribution in [2.45, 2.75) is 24.2 Å². The highest BCUT2D eigenvalue weighted by atomic mass is 32.2. The lowest BCUT2D eigenvalue weighted by Crippen LogP contribution is -2.52. The van der Waals surface area contributed by atoms with Crippen molar-refractivity contribution >= 4 is 15.9 Å². The number of carbonyl (C=O) groups is 1. The van der Waals surface area contributed by atoms with Gasteiger partial charge in [-0.15, -0.1) is 0 Å². The second kappa shape index (κ2) is 9.94. The maximum absolute atomic E-state index is 12.8. The van der Waals surface area contributed by atoms with Crippen LogP contribution in [-0.2, 0) is 21.2 Å². The normalized spacial score (nSPS) is 19.4. The molecule has 7 heteroatoms. The number of nitrogens with zero attached hydrogens (tertiary/aromatic N) is 3. The summed E-state index contributed by atoms with van der Waals surface area (Å²) in [6.45, 7) is 4.03. The fraction of sp³-hybridized carbons (Fsp3) is 0.458. The van der Waals surface area contributed by atoms with Gasteiger partial charge in [-0.2, -0.15) is 4.31 Å². The molecule has 0 saturated carbocycles. The van der Waals surface area contributed by atoms with E-state index in [-0.39, 0.29) is 5.91 Å². The molecule has 4 rings (SSSR count). The molecule has 166 valence electrons. The monoisotopic (exact) mass is 441 g/mol. The average molecular weight is 442 g/mol. The van der Waals surface area contributed by atoms with E-state index < -0.39 is 10.0 Å². The van der Waals surface area contributed by atoms with Crippen LogP contribution in [0, 0.1) is 5.92 Å². The van der Waals surface area contributed by atoms with Crippen molar-refractivity contribution in [3.05, 3.63) is 66.2 Å². The zero-order valence-corrected chi connectivity index (χ0v) is 18.7. The summed E-state index contributed by atoms with van der Waals surface area (Å²) in [5, 5.41) is 0. The third-order valence-corrected chi connectivity index (χ3v) is 8.32. The third-order valence-electron chi connectivity index (χ3n) is 6.41. The lowest BCUT2D eigenvalue weighted by molar-refractivity contribution is -0.134. The Morgan fingerprint density at radius 2 is 1.39 bits per heavy atom. The van der Waals surface area contributed by atoms with Crippen LogP contribution in [0.25, 0.3) is 0 Å². The van der Waals surface area contributed by atoms with Gasteiger partial charge >= 0.3 is 0 Å². The minimum Gasteiger partial charge on any atom is -0.342 e. The van der Waals surface area contributed by atoms with Gasteiger partial charge in [0.1, 0.15) is 0 Å². The van der Waals surface area contributed by atoms with E-state index in [0.29, 0.717) is 43.5 Å².